The summed E-state index contributed by atoms with van der Waals surface area (Å²) >= 11 is 0. The molecule has 4 nitrogen and oxygen atoms in total. The van der Waals surface area contributed by atoms with E-state index in [2.05, 4.69) is 29.2 Å². The molecule has 0 saturated carbocycles. The lowest BCUT2D eigenvalue weighted by Gasteiger charge is -2.57. The predicted octanol–water partition coefficient (Wildman–Crippen LogP) is 3.50. The van der Waals surface area contributed by atoms with Gasteiger partial charge in [0.25, 0.3) is 0 Å². The van der Waals surface area contributed by atoms with Crippen LogP contribution in [0.1, 0.15) is 42.3 Å². The maximum absolute atomic E-state index is 13.5. The van der Waals surface area contributed by atoms with Crippen molar-refractivity contribution in [2.45, 2.75) is 37.3 Å². The fourth-order valence-electron chi connectivity index (χ4n) is 6.27. The van der Waals surface area contributed by atoms with Crippen LogP contribution in [0.5, 0.6) is 0 Å². The molecule has 5 atom stereocenters. The summed E-state index contributed by atoms with van der Waals surface area (Å²) in [6, 6.07) is 18.4. The van der Waals surface area contributed by atoms with Gasteiger partial charge in [-0.15, -0.1) is 0 Å². The van der Waals surface area contributed by atoms with E-state index < -0.39 is 0 Å². The van der Waals surface area contributed by atoms with Crippen LogP contribution in [-0.4, -0.2) is 29.3 Å². The van der Waals surface area contributed by atoms with Crippen LogP contribution in [0.15, 0.2) is 54.6 Å². The van der Waals surface area contributed by atoms with E-state index in [1.807, 2.05) is 30.3 Å². The Balaban J connectivity index is 1.53. The highest BCUT2D eigenvalue weighted by Gasteiger charge is 2.65. The zero-order chi connectivity index (χ0) is 18.1. The van der Waals surface area contributed by atoms with Gasteiger partial charge >= 0.3 is 0 Å². The van der Waals surface area contributed by atoms with Crippen LogP contribution in [0.3, 0.4) is 0 Å². The number of hydrogen-bond acceptors (Lipinski definition) is 3. The standard InChI is InChI=1S/C23H22N2O2/c26-22-19-18-15-10-4-5-11-16(15)21(24-13-7-6-12-17(18)24)20(19)23(27)25(22)14-8-2-1-3-9-14/h1-5,8-11,17-21H,6-7,12-13H2. The Kier molecular flexibility index (Phi) is 3.19. The van der Waals surface area contributed by atoms with Gasteiger partial charge < -0.3 is 0 Å². The SMILES string of the molecule is O=C1C2C(C(=O)N1c1ccccc1)C1c3ccccc3C2C2CCCCN21. The molecule has 2 amide bonds. The molecule has 0 radical (unpaired) electrons. The number of nitrogens with zero attached hydrogens (tertiary/aromatic N) is 2. The minimum absolute atomic E-state index is 0.00549. The number of benzene rings is 2. The van der Waals surface area contributed by atoms with Crippen molar-refractivity contribution in [1.82, 2.24) is 4.90 Å². The van der Waals surface area contributed by atoms with Gasteiger partial charge in [0.1, 0.15) is 0 Å². The van der Waals surface area contributed by atoms with E-state index in [9.17, 15) is 9.59 Å². The van der Waals surface area contributed by atoms with Gasteiger partial charge in [-0.25, -0.2) is 4.90 Å². The predicted molar refractivity (Wildman–Crippen MR) is 102 cm³/mol. The van der Waals surface area contributed by atoms with Crippen molar-refractivity contribution in [2.75, 3.05) is 11.4 Å². The second-order valence-corrected chi connectivity index (χ2v) is 8.30. The molecule has 3 saturated heterocycles. The lowest BCUT2D eigenvalue weighted by Crippen LogP contribution is -2.59. The Bertz CT molecular complexity index is 883. The van der Waals surface area contributed by atoms with Crippen molar-refractivity contribution in [2.24, 2.45) is 11.8 Å². The first-order chi connectivity index (χ1) is 13.3. The van der Waals surface area contributed by atoms with Crippen molar-refractivity contribution in [3.63, 3.8) is 0 Å². The number of carbonyl (C=O) groups excluding carboxylic acids is 2. The van der Waals surface area contributed by atoms with Crippen LogP contribution >= 0.6 is 0 Å². The lowest BCUT2D eigenvalue weighted by atomic mass is 9.59. The molecular weight excluding hydrogens is 336 g/mol. The monoisotopic (exact) mass is 358 g/mol. The highest BCUT2D eigenvalue weighted by molar-refractivity contribution is 6.23. The first-order valence-corrected chi connectivity index (χ1v) is 10.0. The maximum atomic E-state index is 13.5. The van der Waals surface area contributed by atoms with Gasteiger partial charge in [0.2, 0.25) is 11.8 Å². The zero-order valence-corrected chi connectivity index (χ0v) is 15.1. The Morgan fingerprint density at radius 1 is 0.741 bits per heavy atom. The fourth-order valence-corrected chi connectivity index (χ4v) is 6.27. The van der Waals surface area contributed by atoms with Gasteiger partial charge in [-0.3, -0.25) is 14.5 Å². The molecule has 5 unspecified atom stereocenters. The third-order valence-electron chi connectivity index (χ3n) is 7.18. The van der Waals surface area contributed by atoms with E-state index in [-0.39, 0.29) is 35.6 Å². The fraction of sp³-hybridized carbons (Fsp3) is 0.391. The van der Waals surface area contributed by atoms with E-state index in [0.29, 0.717) is 11.7 Å². The molecule has 4 aliphatic heterocycles. The average molecular weight is 358 g/mol. The summed E-state index contributed by atoms with van der Waals surface area (Å²) in [6.07, 6.45) is 3.53. The molecule has 0 aromatic heterocycles. The van der Waals surface area contributed by atoms with Crippen molar-refractivity contribution < 1.29 is 9.59 Å². The van der Waals surface area contributed by atoms with Crippen molar-refractivity contribution in [1.29, 1.82) is 0 Å². The number of imide groups is 1. The van der Waals surface area contributed by atoms with Crippen LogP contribution in [0.4, 0.5) is 5.69 Å². The summed E-state index contributed by atoms with van der Waals surface area (Å²) in [6.45, 7) is 1.04. The second kappa shape index (κ2) is 5.52. The van der Waals surface area contributed by atoms with Gasteiger partial charge in [-0.1, -0.05) is 48.9 Å². The molecule has 2 bridgehead atoms. The Hall–Kier alpha value is -2.46. The molecule has 3 fully saturated rings. The van der Waals surface area contributed by atoms with Crippen LogP contribution in [0.2, 0.25) is 0 Å². The van der Waals surface area contributed by atoms with E-state index in [1.165, 1.54) is 28.9 Å². The van der Waals surface area contributed by atoms with Gasteiger partial charge in [0, 0.05) is 18.0 Å². The Morgan fingerprint density at radius 3 is 2.26 bits per heavy atom. The van der Waals surface area contributed by atoms with Crippen LogP contribution < -0.4 is 4.90 Å². The zero-order valence-electron chi connectivity index (χ0n) is 15.1. The van der Waals surface area contributed by atoms with E-state index >= 15 is 0 Å². The van der Waals surface area contributed by atoms with Crippen LogP contribution in [0.25, 0.3) is 0 Å². The molecular formula is C23H22N2O2. The number of piperidine rings is 2. The highest BCUT2D eigenvalue weighted by Crippen LogP contribution is 2.60. The summed E-state index contributed by atoms with van der Waals surface area (Å²) < 4.78 is 0. The van der Waals surface area contributed by atoms with Crippen LogP contribution in [-0.2, 0) is 9.59 Å². The third kappa shape index (κ3) is 1.91. The highest BCUT2D eigenvalue weighted by atomic mass is 16.2. The van der Waals surface area contributed by atoms with Crippen molar-refractivity contribution >= 4 is 17.5 Å². The van der Waals surface area contributed by atoms with Gasteiger partial charge in [-0.2, -0.15) is 0 Å². The summed E-state index contributed by atoms with van der Waals surface area (Å²) in [5.41, 5.74) is 3.30. The average Bonchev–Trinajstić information content (AvgIpc) is 3.00. The van der Waals surface area contributed by atoms with Gasteiger partial charge in [0.15, 0.2) is 0 Å². The quantitative estimate of drug-likeness (QED) is 0.733. The molecule has 136 valence electrons. The molecule has 4 heteroatoms. The summed E-state index contributed by atoms with van der Waals surface area (Å²) in [5.74, 6) is -0.318. The first-order valence-electron chi connectivity index (χ1n) is 10.0. The van der Waals surface area contributed by atoms with E-state index in [1.54, 1.807) is 0 Å². The van der Waals surface area contributed by atoms with E-state index in [0.717, 1.165) is 13.0 Å². The Morgan fingerprint density at radius 2 is 1.44 bits per heavy atom. The molecule has 5 aliphatic rings. The summed E-state index contributed by atoms with van der Waals surface area (Å²) in [4.78, 5) is 31.0. The molecule has 2 aromatic carbocycles. The largest absolute Gasteiger partial charge is 0.292 e. The number of amides is 2. The topological polar surface area (TPSA) is 40.6 Å². The van der Waals surface area contributed by atoms with Crippen molar-refractivity contribution in [3.8, 4) is 0 Å². The molecule has 7 rings (SSSR count). The van der Waals surface area contributed by atoms with Gasteiger partial charge in [-0.05, 0) is 42.6 Å². The smallest absolute Gasteiger partial charge is 0.239 e. The van der Waals surface area contributed by atoms with Gasteiger partial charge in [0.05, 0.1) is 17.5 Å². The molecule has 1 aliphatic carbocycles. The summed E-state index contributed by atoms with van der Waals surface area (Å²) in [7, 11) is 0. The number of anilines is 1. The second-order valence-electron chi connectivity index (χ2n) is 8.30. The molecule has 0 spiro atoms. The van der Waals surface area contributed by atoms with Crippen molar-refractivity contribution in [3.05, 3.63) is 65.7 Å². The number of carbonyl (C=O) groups is 2. The lowest BCUT2D eigenvalue weighted by molar-refractivity contribution is -0.133. The minimum Gasteiger partial charge on any atom is -0.292 e. The first kappa shape index (κ1) is 15.6. The molecule has 27 heavy (non-hydrogen) atoms. The third-order valence-corrected chi connectivity index (χ3v) is 7.18. The van der Waals surface area contributed by atoms with E-state index in [4.69, 9.17) is 0 Å². The normalized spacial score (nSPS) is 34.4. The minimum atomic E-state index is -0.244. The molecule has 4 heterocycles. The number of hydrogen-bond donors (Lipinski definition) is 0. The maximum Gasteiger partial charge on any atom is 0.239 e. The molecule has 0 N–H and O–H groups in total. The Labute approximate surface area is 158 Å². The number of rotatable bonds is 1. The molecule has 2 aromatic rings. The van der Waals surface area contributed by atoms with Crippen LogP contribution in [0, 0.1) is 11.8 Å². The summed E-state index contributed by atoms with van der Waals surface area (Å²) in [5, 5.41) is 0. The number of para-hydroxylation sites is 1.